The molecule has 43 heavy (non-hydrogen) atoms. The predicted molar refractivity (Wildman–Crippen MR) is 170 cm³/mol. The Hall–Kier alpha value is -1.98. The van der Waals surface area contributed by atoms with Crippen LogP contribution in [-0.2, 0) is 4.79 Å². The smallest absolute Gasteiger partial charge is 0.761 e. The largest absolute Gasteiger partial charge is 1.00 e. The first-order valence-electron chi connectivity index (χ1n) is 13.6. The molecule has 0 aromatic heterocycles. The van der Waals surface area contributed by atoms with Crippen molar-refractivity contribution < 1.29 is 65.3 Å². The summed E-state index contributed by atoms with van der Waals surface area (Å²) in [7, 11) is 0. The number of β-lactam (4-membered cyclic amide) rings is 1. The molecule has 10 heteroatoms. The van der Waals surface area contributed by atoms with E-state index in [9.17, 15) is 14.4 Å². The first-order chi connectivity index (χ1) is 20.3. The summed E-state index contributed by atoms with van der Waals surface area (Å²) in [4.78, 5) is 15.1. The molecule has 1 unspecified atom stereocenters. The molecule has 6 nitrogen and oxygen atoms in total. The van der Waals surface area contributed by atoms with Gasteiger partial charge in [-0.05, 0) is 92.5 Å². The molecule has 2 fully saturated rings. The van der Waals surface area contributed by atoms with E-state index in [-0.39, 0.29) is 74.8 Å². The molecule has 1 amide bonds. The summed E-state index contributed by atoms with van der Waals surface area (Å²) in [6.07, 6.45) is 9.27. The number of hydrogen-bond acceptors (Lipinski definition) is 5. The van der Waals surface area contributed by atoms with Gasteiger partial charge in [-0.25, -0.2) is 4.39 Å². The van der Waals surface area contributed by atoms with Crippen molar-refractivity contribution >= 4 is 40.5 Å². The number of halogens is 3. The number of benzene rings is 3. The molecule has 0 radical (unpaired) electrons. The van der Waals surface area contributed by atoms with Gasteiger partial charge in [-0.1, -0.05) is 72.3 Å². The van der Waals surface area contributed by atoms with E-state index in [1.807, 2.05) is 54.3 Å². The second kappa shape index (κ2) is 16.9. The summed E-state index contributed by atoms with van der Waals surface area (Å²) < 4.78 is 19.4. The Morgan fingerprint density at radius 3 is 2.28 bits per heavy atom. The average Bonchev–Trinajstić information content (AvgIpc) is 3.01. The van der Waals surface area contributed by atoms with E-state index >= 15 is 0 Å². The Balaban J connectivity index is 0.000000392. The molecule has 3 aromatic rings. The number of amides is 1. The summed E-state index contributed by atoms with van der Waals surface area (Å²) in [5.74, 6) is 0.583. The second-order valence-electron chi connectivity index (χ2n) is 9.99. The Bertz CT molecular complexity index is 1420. The van der Waals surface area contributed by atoms with Crippen LogP contribution in [0.4, 0.5) is 15.8 Å². The number of carbonyl (C=O) groups is 1. The zero-order chi connectivity index (χ0) is 30.1. The van der Waals surface area contributed by atoms with Gasteiger partial charge in [0.15, 0.2) is 0 Å². The van der Waals surface area contributed by atoms with Crippen molar-refractivity contribution in [2.24, 2.45) is 5.41 Å². The number of hydrogen-bond donors (Lipinski definition) is 2. The summed E-state index contributed by atoms with van der Waals surface area (Å²) in [6, 6.07) is 18.9. The van der Waals surface area contributed by atoms with Crippen LogP contribution in [0.3, 0.4) is 0 Å². The summed E-state index contributed by atoms with van der Waals surface area (Å²) >= 11 is 11.2. The zero-order valence-electron chi connectivity index (χ0n) is 24.3. The van der Waals surface area contributed by atoms with Gasteiger partial charge in [0.2, 0.25) is 5.91 Å². The number of allylic oxidation sites excluding steroid dienone is 3. The normalized spacial score (nSPS) is 17.4. The number of nitrogens with one attached hydrogen (secondary N) is 2. The van der Waals surface area contributed by atoms with Crippen LogP contribution in [0.1, 0.15) is 31.4 Å². The first kappa shape index (κ1) is 35.5. The third-order valence-corrected chi connectivity index (χ3v) is 8.09. The maximum absolute atomic E-state index is 13.5. The van der Waals surface area contributed by atoms with Gasteiger partial charge >= 0.3 is 51.4 Å². The van der Waals surface area contributed by atoms with Crippen LogP contribution in [0.5, 0.6) is 5.75 Å². The van der Waals surface area contributed by atoms with Crippen LogP contribution in [0, 0.1) is 16.4 Å². The zero-order valence-corrected chi connectivity index (χ0v) is 28.9. The summed E-state index contributed by atoms with van der Waals surface area (Å²) in [6.45, 7) is 7.88. The van der Waals surface area contributed by atoms with Crippen molar-refractivity contribution in [1.29, 1.82) is 0 Å². The minimum atomic E-state index is -0.409. The van der Waals surface area contributed by atoms with E-state index in [0.717, 1.165) is 48.5 Å². The molecule has 2 saturated heterocycles. The van der Waals surface area contributed by atoms with Crippen molar-refractivity contribution in [3.8, 4) is 5.75 Å². The van der Waals surface area contributed by atoms with Gasteiger partial charge in [0, 0.05) is 5.69 Å². The van der Waals surface area contributed by atoms with Crippen LogP contribution in [0.25, 0.3) is 0 Å². The van der Waals surface area contributed by atoms with Crippen LogP contribution in [-0.4, -0.2) is 25.6 Å². The number of rotatable bonds is 8. The molecule has 2 heterocycles. The van der Waals surface area contributed by atoms with E-state index in [4.69, 9.17) is 27.9 Å². The van der Waals surface area contributed by atoms with Gasteiger partial charge in [0.25, 0.3) is 0 Å². The standard InChI is InChI=1S/C27H29FN2O2.C6H4Cl2NO.K/c1-3-5-6-20(4-2)19-32-24-13-7-21(8-14-24)25-27(15-17-29-18-16-27)26(31)30(25)23-11-9-22(28)10-12-23;7-4-2-1-3-5(8)6(4)9-10;/h3-14,25,29H,2,15-19H2,1H3;1-3,9H;/q;-1;+1/b5-3-,20-6+;;. The van der Waals surface area contributed by atoms with E-state index < -0.39 is 5.41 Å². The van der Waals surface area contributed by atoms with Gasteiger partial charge in [0.1, 0.15) is 18.2 Å². The van der Waals surface area contributed by atoms with Gasteiger partial charge in [0.05, 0.1) is 27.2 Å². The molecule has 2 aliphatic rings. The SMILES string of the molecule is C=C/C(=C\C=C/C)COc1ccc(C2N(c3ccc(F)cc3)C(=O)C23CCNCC3)cc1.[K+].[O-]Nc1c(Cl)cccc1Cl. The topological polar surface area (TPSA) is 76.7 Å². The fraction of sp³-hybridized carbons (Fsp3) is 0.242. The average molecular weight is 649 g/mol. The number of nitrogens with zero attached hydrogens (tertiary/aromatic N) is 1. The van der Waals surface area contributed by atoms with E-state index in [1.165, 1.54) is 12.1 Å². The molecule has 0 bridgehead atoms. The number of piperidine rings is 1. The molecule has 5 rings (SSSR count). The Labute approximate surface area is 305 Å². The fourth-order valence-electron chi connectivity index (χ4n) is 5.25. The van der Waals surface area contributed by atoms with Gasteiger partial charge in [-0.2, -0.15) is 0 Å². The van der Waals surface area contributed by atoms with Gasteiger partial charge in [-0.3, -0.25) is 4.79 Å². The quantitative estimate of drug-likeness (QED) is 0.151. The number of ether oxygens (including phenoxy) is 1. The predicted octanol–water partition coefficient (Wildman–Crippen LogP) is 5.26. The van der Waals surface area contributed by atoms with Crippen molar-refractivity contribution in [1.82, 2.24) is 5.32 Å². The molecular weight excluding hydrogens is 615 g/mol. The van der Waals surface area contributed by atoms with Crippen LogP contribution in [0.2, 0.25) is 10.0 Å². The Kier molecular flexibility index (Phi) is 14.0. The molecular formula is C33H33Cl2FKN3O3. The Morgan fingerprint density at radius 1 is 1.12 bits per heavy atom. The molecule has 3 aromatic carbocycles. The molecule has 2 aliphatic heterocycles. The molecule has 220 valence electrons. The van der Waals surface area contributed by atoms with E-state index in [1.54, 1.807) is 41.9 Å². The molecule has 1 spiro atoms. The first-order valence-corrected chi connectivity index (χ1v) is 14.4. The van der Waals surface area contributed by atoms with Crippen molar-refractivity contribution in [2.75, 3.05) is 30.1 Å². The minimum Gasteiger partial charge on any atom is -0.761 e. The van der Waals surface area contributed by atoms with Crippen LogP contribution in [0.15, 0.2) is 103 Å². The second-order valence-corrected chi connectivity index (χ2v) is 10.8. The molecule has 1 atom stereocenters. The number of para-hydroxylation sites is 1. The summed E-state index contributed by atoms with van der Waals surface area (Å²) in [5.41, 5.74) is 4.26. The van der Waals surface area contributed by atoms with Gasteiger partial charge in [-0.15, -0.1) is 0 Å². The van der Waals surface area contributed by atoms with Crippen molar-refractivity contribution in [3.63, 3.8) is 0 Å². The van der Waals surface area contributed by atoms with Crippen LogP contribution < -0.4 is 71.8 Å². The number of carbonyl (C=O) groups excluding carboxylic acids is 1. The monoisotopic (exact) mass is 647 g/mol. The van der Waals surface area contributed by atoms with E-state index in [2.05, 4.69) is 11.9 Å². The third-order valence-electron chi connectivity index (χ3n) is 7.46. The third kappa shape index (κ3) is 8.39. The minimum absolute atomic E-state index is 0. The fourth-order valence-corrected chi connectivity index (χ4v) is 5.73. The molecule has 2 N–H and O–H groups in total. The van der Waals surface area contributed by atoms with Crippen molar-refractivity contribution in [2.45, 2.75) is 25.8 Å². The van der Waals surface area contributed by atoms with Crippen LogP contribution >= 0.6 is 23.2 Å². The van der Waals surface area contributed by atoms with Crippen molar-refractivity contribution in [3.05, 3.63) is 130 Å². The Morgan fingerprint density at radius 2 is 1.74 bits per heavy atom. The number of anilines is 2. The maximum atomic E-state index is 13.5. The van der Waals surface area contributed by atoms with E-state index in [0.29, 0.717) is 16.7 Å². The molecule has 0 saturated carbocycles. The maximum Gasteiger partial charge on any atom is 1.00 e. The van der Waals surface area contributed by atoms with Gasteiger partial charge < -0.3 is 25.6 Å². The summed E-state index contributed by atoms with van der Waals surface area (Å²) in [5, 5.41) is 14.2. The molecule has 0 aliphatic carbocycles.